The lowest BCUT2D eigenvalue weighted by atomic mass is 10.1. The van der Waals surface area contributed by atoms with Crippen molar-refractivity contribution in [1.29, 1.82) is 0 Å². The Kier molecular flexibility index (Phi) is 3.60. The zero-order chi connectivity index (χ0) is 14.3. The van der Waals surface area contributed by atoms with E-state index in [-0.39, 0.29) is 17.7 Å². The maximum atomic E-state index is 12.7. The zero-order valence-corrected chi connectivity index (χ0v) is 13.2. The molecule has 20 heavy (non-hydrogen) atoms. The molecule has 1 spiro atoms. The van der Waals surface area contributed by atoms with Crippen molar-refractivity contribution in [2.75, 3.05) is 20.6 Å². The normalized spacial score (nSPS) is 25.7. The van der Waals surface area contributed by atoms with Crippen LogP contribution in [0.5, 0.6) is 0 Å². The molecule has 1 saturated carbocycles. The first-order chi connectivity index (χ1) is 9.53. The van der Waals surface area contributed by atoms with Crippen LogP contribution in [0.15, 0.2) is 16.8 Å². The maximum absolute atomic E-state index is 12.7. The average molecular weight is 293 g/mol. The van der Waals surface area contributed by atoms with Crippen molar-refractivity contribution in [2.24, 2.45) is 0 Å². The van der Waals surface area contributed by atoms with E-state index in [0.29, 0.717) is 5.91 Å². The first-order valence-corrected chi connectivity index (χ1v) is 8.25. The second kappa shape index (κ2) is 5.13. The van der Waals surface area contributed by atoms with Crippen LogP contribution in [-0.2, 0) is 4.79 Å². The van der Waals surface area contributed by atoms with Crippen LogP contribution in [0.3, 0.4) is 0 Å². The van der Waals surface area contributed by atoms with Gasteiger partial charge in [-0.15, -0.1) is 0 Å². The van der Waals surface area contributed by atoms with E-state index in [4.69, 9.17) is 0 Å². The molecule has 0 aromatic carbocycles. The molecule has 0 radical (unpaired) electrons. The van der Waals surface area contributed by atoms with Gasteiger partial charge in [0.05, 0.1) is 0 Å². The van der Waals surface area contributed by atoms with Gasteiger partial charge in [0, 0.05) is 6.04 Å². The van der Waals surface area contributed by atoms with Gasteiger partial charge in [0.15, 0.2) is 0 Å². The van der Waals surface area contributed by atoms with Crippen molar-refractivity contribution < 1.29 is 4.79 Å². The quantitative estimate of drug-likeness (QED) is 0.902. The summed E-state index contributed by atoms with van der Waals surface area (Å²) in [4.78, 5) is 17.0. The van der Waals surface area contributed by atoms with Gasteiger partial charge in [0.2, 0.25) is 5.91 Å². The largest absolute Gasteiger partial charge is 0.319 e. The first-order valence-electron chi connectivity index (χ1n) is 7.31. The predicted molar refractivity (Wildman–Crippen MR) is 81.6 cm³/mol. The molecule has 1 aliphatic heterocycles. The fourth-order valence-electron chi connectivity index (χ4n) is 2.95. The van der Waals surface area contributed by atoms with Gasteiger partial charge in [0.25, 0.3) is 0 Å². The van der Waals surface area contributed by atoms with Crippen LogP contribution in [0.25, 0.3) is 0 Å². The number of hydrogen-bond donors (Lipinski definition) is 1. The monoisotopic (exact) mass is 293 g/mol. The van der Waals surface area contributed by atoms with Crippen LogP contribution in [0, 0.1) is 0 Å². The molecule has 1 N–H and O–H groups in total. The SMILES string of the molecule is CC(CCN(C)C)N1C(=O)C2(CC2)NC1c1ccsc1. The molecular weight excluding hydrogens is 270 g/mol. The number of thiophene rings is 1. The third kappa shape index (κ3) is 2.38. The van der Waals surface area contributed by atoms with Gasteiger partial charge >= 0.3 is 0 Å². The van der Waals surface area contributed by atoms with E-state index in [0.717, 1.165) is 25.8 Å². The summed E-state index contributed by atoms with van der Waals surface area (Å²) in [5.41, 5.74) is 0.989. The number of nitrogens with zero attached hydrogens (tertiary/aromatic N) is 2. The molecule has 1 saturated heterocycles. The van der Waals surface area contributed by atoms with Crippen LogP contribution in [0.1, 0.15) is 37.9 Å². The average Bonchev–Trinajstić information content (AvgIpc) is 2.87. The van der Waals surface area contributed by atoms with Crippen molar-refractivity contribution in [3.63, 3.8) is 0 Å². The Morgan fingerprint density at radius 2 is 2.30 bits per heavy atom. The Balaban J connectivity index is 1.79. The molecule has 2 atom stereocenters. The van der Waals surface area contributed by atoms with E-state index >= 15 is 0 Å². The van der Waals surface area contributed by atoms with Crippen molar-refractivity contribution in [3.05, 3.63) is 22.4 Å². The van der Waals surface area contributed by atoms with Gasteiger partial charge in [-0.1, -0.05) is 0 Å². The summed E-state index contributed by atoms with van der Waals surface area (Å²) in [6.07, 6.45) is 3.05. The van der Waals surface area contributed by atoms with Gasteiger partial charge in [-0.25, -0.2) is 0 Å². The summed E-state index contributed by atoms with van der Waals surface area (Å²) in [6.45, 7) is 3.18. The molecule has 1 amide bonds. The van der Waals surface area contributed by atoms with Gasteiger partial charge in [-0.05, 0) is 69.2 Å². The number of carbonyl (C=O) groups excluding carboxylic acids is 1. The van der Waals surface area contributed by atoms with E-state index in [1.807, 2.05) is 0 Å². The minimum Gasteiger partial charge on any atom is -0.319 e. The van der Waals surface area contributed by atoms with Crippen LogP contribution in [0.4, 0.5) is 0 Å². The minimum atomic E-state index is -0.237. The van der Waals surface area contributed by atoms with Gasteiger partial charge in [-0.2, -0.15) is 11.3 Å². The van der Waals surface area contributed by atoms with Gasteiger partial charge in [-0.3, -0.25) is 10.1 Å². The van der Waals surface area contributed by atoms with E-state index in [9.17, 15) is 4.79 Å². The Hall–Kier alpha value is -0.910. The molecule has 0 bridgehead atoms. The minimum absolute atomic E-state index is 0.0633. The standard InChI is InChI=1S/C15H23N3OS/c1-11(4-8-17(2)3)18-13(12-5-9-20-10-12)16-15(6-7-15)14(18)19/h5,9-11,13,16H,4,6-8H2,1-3H3. The third-order valence-corrected chi connectivity index (χ3v) is 5.11. The molecular formula is C15H23N3OS. The highest BCUT2D eigenvalue weighted by Crippen LogP contribution is 2.47. The lowest BCUT2D eigenvalue weighted by molar-refractivity contribution is -0.133. The Labute approximate surface area is 124 Å². The van der Waals surface area contributed by atoms with Gasteiger partial charge < -0.3 is 9.80 Å². The second-order valence-corrected chi connectivity index (χ2v) is 7.12. The molecule has 4 nitrogen and oxygen atoms in total. The molecule has 3 rings (SSSR count). The number of carbonyl (C=O) groups is 1. The smallest absolute Gasteiger partial charge is 0.244 e. The summed E-state index contributed by atoms with van der Waals surface area (Å²) in [7, 11) is 4.16. The van der Waals surface area contributed by atoms with Crippen LogP contribution >= 0.6 is 11.3 Å². The molecule has 2 unspecified atom stereocenters. The third-order valence-electron chi connectivity index (χ3n) is 4.41. The number of amides is 1. The molecule has 2 aliphatic rings. The van der Waals surface area contributed by atoms with E-state index in [1.165, 1.54) is 5.56 Å². The number of rotatable bonds is 5. The molecule has 1 aromatic heterocycles. The van der Waals surface area contributed by atoms with E-state index in [2.05, 4.69) is 53.0 Å². The highest BCUT2D eigenvalue weighted by atomic mass is 32.1. The number of nitrogens with one attached hydrogen (secondary N) is 1. The Morgan fingerprint density at radius 3 is 2.85 bits per heavy atom. The summed E-state index contributed by atoms with van der Waals surface area (Å²) in [5, 5.41) is 7.82. The van der Waals surface area contributed by atoms with Crippen LogP contribution in [0.2, 0.25) is 0 Å². The first kappa shape index (κ1) is 14.0. The summed E-state index contributed by atoms with van der Waals surface area (Å²) in [5.74, 6) is 0.306. The summed E-state index contributed by atoms with van der Waals surface area (Å²) in [6, 6.07) is 2.39. The van der Waals surface area contributed by atoms with E-state index < -0.39 is 0 Å². The fraction of sp³-hybridized carbons (Fsp3) is 0.667. The summed E-state index contributed by atoms with van der Waals surface area (Å²) < 4.78 is 0. The Morgan fingerprint density at radius 1 is 1.55 bits per heavy atom. The van der Waals surface area contributed by atoms with E-state index in [1.54, 1.807) is 11.3 Å². The molecule has 1 aromatic rings. The maximum Gasteiger partial charge on any atom is 0.244 e. The van der Waals surface area contributed by atoms with Crippen molar-refractivity contribution in [3.8, 4) is 0 Å². The van der Waals surface area contributed by atoms with Gasteiger partial charge in [0.1, 0.15) is 11.7 Å². The van der Waals surface area contributed by atoms with Crippen molar-refractivity contribution in [2.45, 2.75) is 43.9 Å². The summed E-state index contributed by atoms with van der Waals surface area (Å²) >= 11 is 1.69. The predicted octanol–water partition coefficient (Wildman–Crippen LogP) is 2.05. The highest BCUT2D eigenvalue weighted by molar-refractivity contribution is 7.07. The molecule has 110 valence electrons. The molecule has 2 heterocycles. The molecule has 1 aliphatic carbocycles. The van der Waals surface area contributed by atoms with Crippen LogP contribution < -0.4 is 5.32 Å². The van der Waals surface area contributed by atoms with Crippen LogP contribution in [-0.4, -0.2) is 47.9 Å². The topological polar surface area (TPSA) is 35.6 Å². The lowest BCUT2D eigenvalue weighted by Crippen LogP contribution is -2.40. The van der Waals surface area contributed by atoms with Crippen molar-refractivity contribution >= 4 is 17.2 Å². The molecule has 5 heteroatoms. The lowest BCUT2D eigenvalue weighted by Gasteiger charge is -2.31. The highest BCUT2D eigenvalue weighted by Gasteiger charge is 2.60. The zero-order valence-electron chi connectivity index (χ0n) is 12.4. The second-order valence-electron chi connectivity index (χ2n) is 6.34. The van der Waals surface area contributed by atoms with Crippen molar-refractivity contribution in [1.82, 2.24) is 15.1 Å². The fourth-order valence-corrected chi connectivity index (χ4v) is 3.63. The molecule has 2 fully saturated rings. The Bertz CT molecular complexity index is 481. The number of hydrogen-bond acceptors (Lipinski definition) is 4.